The molecule has 150 valence electrons. The predicted octanol–water partition coefficient (Wildman–Crippen LogP) is -1.19. The van der Waals surface area contributed by atoms with Crippen LogP contribution in [0.4, 0.5) is 0 Å². The average Bonchev–Trinajstić information content (AvgIpc) is 2.62. The second kappa shape index (κ2) is 12.5. The van der Waals surface area contributed by atoms with E-state index in [2.05, 4.69) is 32.3 Å². The van der Waals surface area contributed by atoms with E-state index in [0.29, 0.717) is 19.7 Å². The van der Waals surface area contributed by atoms with E-state index < -0.39 is 0 Å². The zero-order valence-corrected chi connectivity index (χ0v) is 16.6. The first kappa shape index (κ1) is 22.2. The summed E-state index contributed by atoms with van der Waals surface area (Å²) < 4.78 is 4.93. The fourth-order valence-electron chi connectivity index (χ4n) is 2.46. The molecule has 9 nitrogen and oxygen atoms in total. The molecule has 0 unspecified atom stereocenters. The molecule has 0 aromatic rings. The number of carbonyl (C=O) groups is 2. The minimum Gasteiger partial charge on any atom is -0.383 e. The van der Waals surface area contributed by atoms with E-state index in [0.717, 1.165) is 45.1 Å². The van der Waals surface area contributed by atoms with Gasteiger partial charge in [-0.05, 0) is 6.42 Å². The van der Waals surface area contributed by atoms with Crippen molar-refractivity contribution in [2.45, 2.75) is 13.3 Å². The first-order valence-corrected chi connectivity index (χ1v) is 9.19. The molecule has 0 aliphatic carbocycles. The highest BCUT2D eigenvalue weighted by Gasteiger charge is 2.21. The number of rotatable bonds is 9. The van der Waals surface area contributed by atoms with Gasteiger partial charge in [-0.2, -0.15) is 0 Å². The second-order valence-corrected chi connectivity index (χ2v) is 6.46. The molecular formula is C17H34N6O3. The standard InChI is InChI=1S/C17H34N6O3/c1-5-6-19-17(20-13-16(25)21(2)3)23-10-8-22(9-11-23)14-15(24)18-7-12-26-4/h5-14H2,1-4H3,(H,18,24)(H,19,20). The fraction of sp³-hybridized carbons (Fsp3) is 0.824. The first-order valence-electron chi connectivity index (χ1n) is 9.19. The molecule has 0 aromatic heterocycles. The summed E-state index contributed by atoms with van der Waals surface area (Å²) in [6.07, 6.45) is 0.988. The topological polar surface area (TPSA) is 89.5 Å². The van der Waals surface area contributed by atoms with Crippen LogP contribution in [0.3, 0.4) is 0 Å². The Morgan fingerprint density at radius 3 is 2.38 bits per heavy atom. The molecule has 1 aliphatic rings. The van der Waals surface area contributed by atoms with E-state index in [4.69, 9.17) is 4.74 Å². The van der Waals surface area contributed by atoms with E-state index in [-0.39, 0.29) is 18.4 Å². The molecule has 0 aromatic carbocycles. The number of guanidine groups is 1. The normalized spacial score (nSPS) is 15.7. The van der Waals surface area contributed by atoms with Crippen LogP contribution in [0.25, 0.3) is 0 Å². The smallest absolute Gasteiger partial charge is 0.243 e. The van der Waals surface area contributed by atoms with Crippen molar-refractivity contribution in [3.8, 4) is 0 Å². The molecule has 1 fully saturated rings. The van der Waals surface area contributed by atoms with Gasteiger partial charge in [-0.3, -0.25) is 14.5 Å². The number of aliphatic imine (C=N–C) groups is 1. The Morgan fingerprint density at radius 2 is 1.81 bits per heavy atom. The van der Waals surface area contributed by atoms with Gasteiger partial charge in [0.2, 0.25) is 11.8 Å². The number of hydrogen-bond donors (Lipinski definition) is 2. The van der Waals surface area contributed by atoms with Crippen LogP contribution in [-0.2, 0) is 14.3 Å². The fourth-order valence-corrected chi connectivity index (χ4v) is 2.46. The van der Waals surface area contributed by atoms with Crippen molar-refractivity contribution in [2.75, 3.05) is 80.2 Å². The van der Waals surface area contributed by atoms with Crippen molar-refractivity contribution < 1.29 is 14.3 Å². The number of ether oxygens (including phenoxy) is 1. The van der Waals surface area contributed by atoms with Crippen LogP contribution in [-0.4, -0.2) is 113 Å². The largest absolute Gasteiger partial charge is 0.383 e. The summed E-state index contributed by atoms with van der Waals surface area (Å²) in [5.74, 6) is 0.767. The van der Waals surface area contributed by atoms with Crippen molar-refractivity contribution in [1.82, 2.24) is 25.3 Å². The molecule has 26 heavy (non-hydrogen) atoms. The summed E-state index contributed by atoms with van der Waals surface area (Å²) in [6, 6.07) is 0. The molecule has 1 heterocycles. The SMILES string of the molecule is CCCNC(=NCC(=O)N(C)C)N1CCN(CC(=O)NCCOC)CC1. The van der Waals surface area contributed by atoms with Gasteiger partial charge in [0, 0.05) is 60.5 Å². The predicted molar refractivity (Wildman–Crippen MR) is 102 cm³/mol. The third-order valence-electron chi connectivity index (χ3n) is 4.06. The maximum atomic E-state index is 11.9. The van der Waals surface area contributed by atoms with Gasteiger partial charge in [0.25, 0.3) is 0 Å². The Hall–Kier alpha value is -1.87. The van der Waals surface area contributed by atoms with Crippen molar-refractivity contribution in [3.63, 3.8) is 0 Å². The van der Waals surface area contributed by atoms with Gasteiger partial charge in [0.15, 0.2) is 5.96 Å². The molecule has 0 radical (unpaired) electrons. The van der Waals surface area contributed by atoms with E-state index in [1.54, 1.807) is 26.1 Å². The van der Waals surface area contributed by atoms with E-state index in [1.165, 1.54) is 0 Å². The number of piperazine rings is 1. The van der Waals surface area contributed by atoms with Crippen LogP contribution in [0.15, 0.2) is 4.99 Å². The van der Waals surface area contributed by atoms with Crippen LogP contribution >= 0.6 is 0 Å². The first-order chi connectivity index (χ1) is 12.5. The summed E-state index contributed by atoms with van der Waals surface area (Å²) in [6.45, 7) is 7.62. The molecule has 2 N–H and O–H groups in total. The van der Waals surface area contributed by atoms with Crippen LogP contribution in [0.2, 0.25) is 0 Å². The van der Waals surface area contributed by atoms with E-state index in [9.17, 15) is 9.59 Å². The number of nitrogens with zero attached hydrogens (tertiary/aromatic N) is 4. The second-order valence-electron chi connectivity index (χ2n) is 6.46. The lowest BCUT2D eigenvalue weighted by atomic mass is 10.3. The number of nitrogens with one attached hydrogen (secondary N) is 2. The maximum Gasteiger partial charge on any atom is 0.243 e. The van der Waals surface area contributed by atoms with Crippen molar-refractivity contribution >= 4 is 17.8 Å². The van der Waals surface area contributed by atoms with Gasteiger partial charge >= 0.3 is 0 Å². The summed E-state index contributed by atoms with van der Waals surface area (Å²) >= 11 is 0. The summed E-state index contributed by atoms with van der Waals surface area (Å²) in [7, 11) is 5.07. The molecule has 1 saturated heterocycles. The Labute approximate surface area is 156 Å². The van der Waals surface area contributed by atoms with Crippen LogP contribution in [0, 0.1) is 0 Å². The lowest BCUT2D eigenvalue weighted by Gasteiger charge is -2.36. The van der Waals surface area contributed by atoms with E-state index in [1.807, 2.05) is 0 Å². The molecule has 2 amide bonds. The Morgan fingerprint density at radius 1 is 1.12 bits per heavy atom. The van der Waals surface area contributed by atoms with E-state index >= 15 is 0 Å². The highest BCUT2D eigenvalue weighted by atomic mass is 16.5. The third kappa shape index (κ3) is 8.48. The van der Waals surface area contributed by atoms with Crippen LogP contribution in [0.5, 0.6) is 0 Å². The van der Waals surface area contributed by atoms with Gasteiger partial charge in [0.1, 0.15) is 6.54 Å². The molecule has 1 rings (SSSR count). The van der Waals surface area contributed by atoms with Gasteiger partial charge < -0.3 is 25.2 Å². The molecular weight excluding hydrogens is 336 g/mol. The minimum atomic E-state index is -0.0211. The molecule has 9 heteroatoms. The minimum absolute atomic E-state index is 0.0186. The maximum absolute atomic E-state index is 11.9. The van der Waals surface area contributed by atoms with Crippen LogP contribution in [0.1, 0.15) is 13.3 Å². The number of likely N-dealkylation sites (N-methyl/N-ethyl adjacent to an activating group) is 1. The molecule has 0 atom stereocenters. The summed E-state index contributed by atoms with van der Waals surface area (Å²) in [5.41, 5.74) is 0. The third-order valence-corrected chi connectivity index (χ3v) is 4.06. The average molecular weight is 370 g/mol. The zero-order chi connectivity index (χ0) is 19.4. The van der Waals surface area contributed by atoms with Gasteiger partial charge in [0.05, 0.1) is 13.2 Å². The summed E-state index contributed by atoms with van der Waals surface area (Å²) in [4.78, 5) is 34.0. The van der Waals surface area contributed by atoms with Crippen molar-refractivity contribution in [2.24, 2.45) is 4.99 Å². The van der Waals surface area contributed by atoms with Gasteiger partial charge in [-0.15, -0.1) is 0 Å². The quantitative estimate of drug-likeness (QED) is 0.301. The van der Waals surface area contributed by atoms with Gasteiger partial charge in [-0.25, -0.2) is 4.99 Å². The Balaban J connectivity index is 2.48. The Bertz CT molecular complexity index is 461. The Kier molecular flexibility index (Phi) is 10.6. The van der Waals surface area contributed by atoms with Crippen LogP contribution < -0.4 is 10.6 Å². The number of carbonyl (C=O) groups excluding carboxylic acids is 2. The number of amides is 2. The lowest BCUT2D eigenvalue weighted by molar-refractivity contribution is -0.127. The zero-order valence-electron chi connectivity index (χ0n) is 16.6. The molecule has 0 spiro atoms. The van der Waals surface area contributed by atoms with Crippen molar-refractivity contribution in [1.29, 1.82) is 0 Å². The highest BCUT2D eigenvalue weighted by molar-refractivity contribution is 5.85. The highest BCUT2D eigenvalue weighted by Crippen LogP contribution is 2.02. The summed E-state index contributed by atoms with van der Waals surface area (Å²) in [5, 5.41) is 6.16. The number of hydrogen-bond acceptors (Lipinski definition) is 5. The lowest BCUT2D eigenvalue weighted by Crippen LogP contribution is -2.54. The molecule has 0 saturated carbocycles. The van der Waals surface area contributed by atoms with Gasteiger partial charge in [-0.1, -0.05) is 6.92 Å². The van der Waals surface area contributed by atoms with Crippen molar-refractivity contribution in [3.05, 3.63) is 0 Å². The monoisotopic (exact) mass is 370 g/mol. The molecule has 0 bridgehead atoms. The molecule has 1 aliphatic heterocycles. The number of methoxy groups -OCH3 is 1.